The second-order valence-corrected chi connectivity index (χ2v) is 9.02. The lowest BCUT2D eigenvalue weighted by Crippen LogP contribution is -2.35. The number of hydrogen-bond donors (Lipinski definition) is 3. The van der Waals surface area contributed by atoms with E-state index in [0.29, 0.717) is 5.69 Å². The molecule has 1 unspecified atom stereocenters. The summed E-state index contributed by atoms with van der Waals surface area (Å²) in [5.41, 5.74) is 1.78. The van der Waals surface area contributed by atoms with Gasteiger partial charge in [-0.3, -0.25) is 9.59 Å². The number of amides is 2. The van der Waals surface area contributed by atoms with E-state index in [1.165, 1.54) is 32.0 Å². The summed E-state index contributed by atoms with van der Waals surface area (Å²) in [7, 11) is -2.52. The van der Waals surface area contributed by atoms with Crippen molar-refractivity contribution in [1.82, 2.24) is 10.0 Å². The van der Waals surface area contributed by atoms with Crippen molar-refractivity contribution in [3.63, 3.8) is 0 Å². The van der Waals surface area contributed by atoms with Gasteiger partial charge in [-0.2, -0.15) is 0 Å². The number of anilines is 2. The number of carbonyl (C=O) groups is 2. The highest BCUT2D eigenvalue weighted by Crippen LogP contribution is 2.23. The van der Waals surface area contributed by atoms with Crippen LogP contribution >= 0.6 is 0 Å². The van der Waals surface area contributed by atoms with Crippen LogP contribution < -0.4 is 20.3 Å². The lowest BCUT2D eigenvalue weighted by atomic mass is 10.2. The molecule has 2 aromatic rings. The van der Waals surface area contributed by atoms with Crippen molar-refractivity contribution < 1.29 is 22.4 Å². The molecule has 2 amide bonds. The summed E-state index contributed by atoms with van der Waals surface area (Å²) in [4.78, 5) is 26.9. The Labute approximate surface area is 175 Å². The van der Waals surface area contributed by atoms with E-state index in [1.54, 1.807) is 6.92 Å². The van der Waals surface area contributed by atoms with Gasteiger partial charge in [-0.05, 0) is 57.1 Å². The first-order chi connectivity index (χ1) is 14.3. The van der Waals surface area contributed by atoms with E-state index < -0.39 is 22.0 Å². The van der Waals surface area contributed by atoms with Crippen molar-refractivity contribution in [2.24, 2.45) is 0 Å². The molecule has 1 aromatic carbocycles. The van der Waals surface area contributed by atoms with E-state index in [4.69, 9.17) is 4.42 Å². The van der Waals surface area contributed by atoms with Gasteiger partial charge in [0.1, 0.15) is 0 Å². The van der Waals surface area contributed by atoms with Crippen LogP contribution in [0.25, 0.3) is 0 Å². The van der Waals surface area contributed by atoms with Gasteiger partial charge in [-0.25, -0.2) is 13.1 Å². The van der Waals surface area contributed by atoms with E-state index >= 15 is 0 Å². The molecule has 0 spiro atoms. The fourth-order valence-corrected chi connectivity index (χ4v) is 3.93. The van der Waals surface area contributed by atoms with Crippen LogP contribution in [-0.4, -0.2) is 46.4 Å². The zero-order chi connectivity index (χ0) is 21.7. The molecule has 1 fully saturated rings. The Bertz CT molecular complexity index is 1010. The number of benzene rings is 1. The number of nitrogens with one attached hydrogen (secondary N) is 3. The molecule has 1 aliphatic heterocycles. The Morgan fingerprint density at radius 3 is 2.60 bits per heavy atom. The van der Waals surface area contributed by atoms with Gasteiger partial charge in [0.2, 0.25) is 11.0 Å². The van der Waals surface area contributed by atoms with Gasteiger partial charge in [0.15, 0.2) is 5.76 Å². The predicted molar refractivity (Wildman–Crippen MR) is 113 cm³/mol. The Balaban J connectivity index is 1.53. The molecule has 0 bridgehead atoms. The molecule has 162 valence electrons. The molecule has 10 heteroatoms. The lowest BCUT2D eigenvalue weighted by Gasteiger charge is -2.19. The number of hydrogen-bond acceptors (Lipinski definition) is 6. The fourth-order valence-electron chi connectivity index (χ4n) is 3.28. The average molecular weight is 435 g/mol. The topological polar surface area (TPSA) is 121 Å². The normalized spacial score (nSPS) is 15.1. The van der Waals surface area contributed by atoms with Gasteiger partial charge in [0.25, 0.3) is 15.9 Å². The van der Waals surface area contributed by atoms with Crippen LogP contribution in [0, 0.1) is 0 Å². The van der Waals surface area contributed by atoms with Gasteiger partial charge in [0, 0.05) is 36.9 Å². The van der Waals surface area contributed by atoms with Crippen molar-refractivity contribution >= 4 is 33.2 Å². The molecule has 1 atom stereocenters. The minimum absolute atomic E-state index is 0.0576. The van der Waals surface area contributed by atoms with Crippen LogP contribution in [0.4, 0.5) is 11.4 Å². The van der Waals surface area contributed by atoms with Gasteiger partial charge in [-0.1, -0.05) is 6.07 Å². The maximum atomic E-state index is 12.4. The molecule has 1 aliphatic rings. The zero-order valence-corrected chi connectivity index (χ0v) is 17.8. The van der Waals surface area contributed by atoms with Crippen LogP contribution in [0.3, 0.4) is 0 Å². The standard InChI is InChI=1S/C20H26N4O5S/c1-14(22-20(26)17-8-9-19(29-17)30(27,28)21-2)12-18(25)23-15-6-5-7-16(13-15)24-10-3-4-11-24/h5-9,13-14,21H,3-4,10-12H2,1-2H3,(H,22,26)(H,23,25). The number of nitrogens with zero attached hydrogens (tertiary/aromatic N) is 1. The summed E-state index contributed by atoms with van der Waals surface area (Å²) >= 11 is 0. The first-order valence-corrected chi connectivity index (χ1v) is 11.3. The molecule has 0 radical (unpaired) electrons. The van der Waals surface area contributed by atoms with E-state index in [1.807, 2.05) is 24.3 Å². The minimum atomic E-state index is -3.77. The largest absolute Gasteiger partial charge is 0.438 e. The van der Waals surface area contributed by atoms with Gasteiger partial charge < -0.3 is 20.0 Å². The van der Waals surface area contributed by atoms with E-state index in [9.17, 15) is 18.0 Å². The van der Waals surface area contributed by atoms with Gasteiger partial charge in [0.05, 0.1) is 0 Å². The maximum absolute atomic E-state index is 12.4. The molecular weight excluding hydrogens is 408 g/mol. The molecule has 0 aliphatic carbocycles. The van der Waals surface area contributed by atoms with Crippen LogP contribution in [0.5, 0.6) is 0 Å². The van der Waals surface area contributed by atoms with Crippen molar-refractivity contribution in [3.8, 4) is 0 Å². The van der Waals surface area contributed by atoms with Crippen molar-refractivity contribution in [1.29, 1.82) is 0 Å². The zero-order valence-electron chi connectivity index (χ0n) is 17.0. The third-order valence-corrected chi connectivity index (χ3v) is 6.10. The van der Waals surface area contributed by atoms with E-state index in [-0.39, 0.29) is 23.2 Å². The van der Waals surface area contributed by atoms with Crippen molar-refractivity contribution in [2.45, 2.75) is 37.3 Å². The smallest absolute Gasteiger partial charge is 0.287 e. The highest BCUT2D eigenvalue weighted by Gasteiger charge is 2.21. The third kappa shape index (κ3) is 5.39. The summed E-state index contributed by atoms with van der Waals surface area (Å²) in [6.07, 6.45) is 2.40. The molecule has 2 heterocycles. The molecule has 9 nitrogen and oxygen atoms in total. The first kappa shape index (κ1) is 21.8. The maximum Gasteiger partial charge on any atom is 0.287 e. The summed E-state index contributed by atoms with van der Waals surface area (Å²) in [5, 5.41) is 5.14. The van der Waals surface area contributed by atoms with Crippen LogP contribution in [-0.2, 0) is 14.8 Å². The second-order valence-electron chi connectivity index (χ2n) is 7.20. The molecule has 1 aromatic heterocycles. The Morgan fingerprint density at radius 1 is 1.17 bits per heavy atom. The SMILES string of the molecule is CNS(=O)(=O)c1ccc(C(=O)NC(C)CC(=O)Nc2cccc(N3CCCC3)c2)o1. The quantitative estimate of drug-likeness (QED) is 0.584. The predicted octanol–water partition coefficient (Wildman–Crippen LogP) is 1.93. The molecule has 30 heavy (non-hydrogen) atoms. The van der Waals surface area contributed by atoms with Crippen LogP contribution in [0.2, 0.25) is 0 Å². The van der Waals surface area contributed by atoms with Crippen molar-refractivity contribution in [3.05, 3.63) is 42.2 Å². The Morgan fingerprint density at radius 2 is 1.90 bits per heavy atom. The average Bonchev–Trinajstić information content (AvgIpc) is 3.40. The minimum Gasteiger partial charge on any atom is -0.438 e. The molecule has 1 saturated heterocycles. The Kier molecular flexibility index (Phi) is 6.78. The third-order valence-electron chi connectivity index (χ3n) is 4.81. The van der Waals surface area contributed by atoms with E-state index in [2.05, 4.69) is 20.3 Å². The van der Waals surface area contributed by atoms with Crippen molar-refractivity contribution in [2.75, 3.05) is 30.4 Å². The number of carbonyl (C=O) groups excluding carboxylic acids is 2. The Hall–Kier alpha value is -2.85. The molecule has 3 rings (SSSR count). The highest BCUT2D eigenvalue weighted by atomic mass is 32.2. The summed E-state index contributed by atoms with van der Waals surface area (Å²) < 4.78 is 30.6. The summed E-state index contributed by atoms with van der Waals surface area (Å²) in [6, 6.07) is 9.69. The summed E-state index contributed by atoms with van der Waals surface area (Å²) in [5.74, 6) is -0.974. The van der Waals surface area contributed by atoms with Gasteiger partial charge >= 0.3 is 0 Å². The molecule has 0 saturated carbocycles. The van der Waals surface area contributed by atoms with Gasteiger partial charge in [-0.15, -0.1) is 0 Å². The summed E-state index contributed by atoms with van der Waals surface area (Å²) in [6.45, 7) is 3.72. The molecule has 3 N–H and O–H groups in total. The van der Waals surface area contributed by atoms with Crippen LogP contribution in [0.15, 0.2) is 45.9 Å². The number of rotatable bonds is 8. The monoisotopic (exact) mass is 434 g/mol. The lowest BCUT2D eigenvalue weighted by molar-refractivity contribution is -0.116. The number of furan rings is 1. The first-order valence-electron chi connectivity index (χ1n) is 9.77. The van der Waals surface area contributed by atoms with E-state index in [0.717, 1.165) is 18.8 Å². The highest BCUT2D eigenvalue weighted by molar-refractivity contribution is 7.89. The van der Waals surface area contributed by atoms with Crippen LogP contribution in [0.1, 0.15) is 36.7 Å². The molecular formula is C20H26N4O5S. The fraction of sp³-hybridized carbons (Fsp3) is 0.400. The second kappa shape index (κ2) is 9.31. The number of sulfonamides is 1.